The third kappa shape index (κ3) is 3.11. The van der Waals surface area contributed by atoms with Gasteiger partial charge in [0.1, 0.15) is 0 Å². The van der Waals surface area contributed by atoms with Crippen LogP contribution < -0.4 is 10.6 Å². The van der Waals surface area contributed by atoms with Gasteiger partial charge in [0.2, 0.25) is 0 Å². The van der Waals surface area contributed by atoms with Crippen molar-refractivity contribution in [2.45, 2.75) is 6.92 Å². The molecule has 1 unspecified atom stereocenters. The number of hydrogen-bond donors (Lipinski definition) is 2. The van der Waals surface area contributed by atoms with E-state index in [1.54, 1.807) is 12.1 Å². The van der Waals surface area contributed by atoms with Crippen LogP contribution in [-0.2, 0) is 0 Å². The van der Waals surface area contributed by atoms with Crippen molar-refractivity contribution in [2.24, 2.45) is 5.92 Å². The van der Waals surface area contributed by atoms with Crippen LogP contribution in [0.1, 0.15) is 17.3 Å². The zero-order valence-corrected chi connectivity index (χ0v) is 9.84. The normalized spacial score (nSPS) is 11.6. The number of carbonyl (C=O) groups is 1. The molecule has 0 fully saturated rings. The fourth-order valence-corrected chi connectivity index (χ4v) is 1.52. The zero-order valence-electron chi connectivity index (χ0n) is 9.84. The molecule has 3 N–H and O–H groups in total. The minimum atomic E-state index is -1.05. The van der Waals surface area contributed by atoms with Crippen molar-refractivity contribution in [3.63, 3.8) is 0 Å². The molecule has 0 aliphatic heterocycles. The van der Waals surface area contributed by atoms with Crippen LogP contribution in [0.4, 0.5) is 11.4 Å². The number of benzene rings is 1. The fourth-order valence-electron chi connectivity index (χ4n) is 1.52. The molecule has 0 radical (unpaired) electrons. The first-order chi connectivity index (χ1) is 7.95. The highest BCUT2D eigenvalue weighted by Gasteiger charge is 2.12. The number of rotatable bonds is 4. The largest absolute Gasteiger partial charge is 0.478 e. The highest BCUT2D eigenvalue weighted by atomic mass is 16.4. The van der Waals surface area contributed by atoms with E-state index in [-0.39, 0.29) is 17.2 Å². The topological polar surface area (TPSA) is 90.4 Å². The summed E-state index contributed by atoms with van der Waals surface area (Å²) in [6.45, 7) is 2.35. The summed E-state index contributed by atoms with van der Waals surface area (Å²) in [7, 11) is 1.81. The number of hydrogen-bond acceptors (Lipinski definition) is 4. The summed E-state index contributed by atoms with van der Waals surface area (Å²) in [6.07, 6.45) is 0. The summed E-state index contributed by atoms with van der Waals surface area (Å²) in [5.41, 5.74) is 6.62. The Bertz CT molecular complexity index is 465. The molecule has 0 bridgehead atoms. The molecule has 17 heavy (non-hydrogen) atoms. The van der Waals surface area contributed by atoms with Crippen LogP contribution in [0.15, 0.2) is 18.2 Å². The molecule has 0 spiro atoms. The number of carboxylic acid groups (broad SMARTS) is 1. The molecule has 0 amide bonds. The van der Waals surface area contributed by atoms with Crippen molar-refractivity contribution in [1.29, 1.82) is 5.26 Å². The van der Waals surface area contributed by atoms with Crippen LogP contribution in [-0.4, -0.2) is 24.7 Å². The summed E-state index contributed by atoms with van der Waals surface area (Å²) in [4.78, 5) is 12.8. The van der Waals surface area contributed by atoms with Crippen molar-refractivity contribution in [2.75, 3.05) is 24.2 Å². The Balaban J connectivity index is 2.96. The lowest BCUT2D eigenvalue weighted by Crippen LogP contribution is -2.23. The maximum Gasteiger partial charge on any atom is 0.337 e. The Kier molecular flexibility index (Phi) is 3.94. The number of nitriles is 1. The predicted octanol–water partition coefficient (Wildman–Crippen LogP) is 1.56. The molecular weight excluding hydrogens is 218 g/mol. The van der Waals surface area contributed by atoms with Gasteiger partial charge < -0.3 is 15.7 Å². The molecule has 0 heterocycles. The van der Waals surface area contributed by atoms with Gasteiger partial charge in [-0.2, -0.15) is 5.26 Å². The highest BCUT2D eigenvalue weighted by Crippen LogP contribution is 2.21. The molecule has 0 aliphatic rings. The monoisotopic (exact) mass is 233 g/mol. The molecule has 1 rings (SSSR count). The van der Waals surface area contributed by atoms with Crippen LogP contribution in [0.3, 0.4) is 0 Å². The van der Waals surface area contributed by atoms with Crippen LogP contribution >= 0.6 is 0 Å². The van der Waals surface area contributed by atoms with E-state index in [9.17, 15) is 4.79 Å². The molecule has 1 aromatic rings. The molecule has 90 valence electrons. The number of nitrogen functional groups attached to an aromatic ring is 1. The first kappa shape index (κ1) is 12.8. The third-order valence-electron chi connectivity index (χ3n) is 2.48. The van der Waals surface area contributed by atoms with Crippen LogP contribution in [0.5, 0.6) is 0 Å². The van der Waals surface area contributed by atoms with Crippen molar-refractivity contribution >= 4 is 17.3 Å². The molecule has 1 aromatic carbocycles. The van der Waals surface area contributed by atoms with Crippen molar-refractivity contribution in [3.8, 4) is 6.07 Å². The van der Waals surface area contributed by atoms with Crippen LogP contribution in [0.2, 0.25) is 0 Å². The van der Waals surface area contributed by atoms with E-state index in [0.717, 1.165) is 5.69 Å². The molecule has 1 atom stereocenters. The Morgan fingerprint density at radius 2 is 2.29 bits per heavy atom. The van der Waals surface area contributed by atoms with Gasteiger partial charge in [0.15, 0.2) is 0 Å². The van der Waals surface area contributed by atoms with Gasteiger partial charge in [-0.25, -0.2) is 4.79 Å². The lowest BCUT2D eigenvalue weighted by atomic mass is 10.1. The Morgan fingerprint density at radius 1 is 1.65 bits per heavy atom. The number of anilines is 2. The van der Waals surface area contributed by atoms with E-state index in [4.69, 9.17) is 16.1 Å². The second-order valence-corrected chi connectivity index (χ2v) is 3.99. The third-order valence-corrected chi connectivity index (χ3v) is 2.48. The van der Waals surface area contributed by atoms with Gasteiger partial charge in [0, 0.05) is 25.0 Å². The molecule has 0 saturated carbocycles. The van der Waals surface area contributed by atoms with Crippen LogP contribution in [0, 0.1) is 17.2 Å². The molecule has 5 nitrogen and oxygen atoms in total. The van der Waals surface area contributed by atoms with Crippen LogP contribution in [0.25, 0.3) is 0 Å². The smallest absolute Gasteiger partial charge is 0.337 e. The molecule has 5 heteroatoms. The number of nitrogens with zero attached hydrogens (tertiary/aromatic N) is 2. The summed E-state index contributed by atoms with van der Waals surface area (Å²) in [5.74, 6) is -1.17. The van der Waals surface area contributed by atoms with Gasteiger partial charge in [0.25, 0.3) is 0 Å². The molecule has 0 aromatic heterocycles. The fraction of sp³-hybridized carbons (Fsp3) is 0.333. The van der Waals surface area contributed by atoms with E-state index in [2.05, 4.69) is 6.07 Å². The first-order valence-electron chi connectivity index (χ1n) is 5.19. The Hall–Kier alpha value is -2.22. The van der Waals surface area contributed by atoms with E-state index in [0.29, 0.717) is 6.54 Å². The SMILES string of the molecule is CC(C#N)CN(C)c1ccc(N)c(C(=O)O)c1. The lowest BCUT2D eigenvalue weighted by Gasteiger charge is -2.21. The van der Waals surface area contributed by atoms with Crippen molar-refractivity contribution in [1.82, 2.24) is 0 Å². The Labute approximate surface area is 100 Å². The summed E-state index contributed by atoms with van der Waals surface area (Å²) in [5, 5.41) is 17.7. The minimum Gasteiger partial charge on any atom is -0.478 e. The molecule has 0 aliphatic carbocycles. The lowest BCUT2D eigenvalue weighted by molar-refractivity contribution is 0.0698. The van der Waals surface area contributed by atoms with Gasteiger partial charge in [-0.1, -0.05) is 0 Å². The van der Waals surface area contributed by atoms with Gasteiger partial charge in [-0.3, -0.25) is 0 Å². The van der Waals surface area contributed by atoms with E-state index >= 15 is 0 Å². The standard InChI is InChI=1S/C12H15N3O2/c1-8(6-13)7-15(2)9-3-4-11(14)10(5-9)12(16)17/h3-5,8H,7,14H2,1-2H3,(H,16,17). The second kappa shape index (κ2) is 5.21. The minimum absolute atomic E-state index is 0.0824. The molecular formula is C12H15N3O2. The zero-order chi connectivity index (χ0) is 13.0. The van der Waals surface area contributed by atoms with E-state index < -0.39 is 5.97 Å². The van der Waals surface area contributed by atoms with Gasteiger partial charge in [0.05, 0.1) is 17.6 Å². The number of aromatic carboxylic acids is 1. The summed E-state index contributed by atoms with van der Waals surface area (Å²) < 4.78 is 0. The first-order valence-corrected chi connectivity index (χ1v) is 5.19. The number of nitrogens with two attached hydrogens (primary N) is 1. The maximum absolute atomic E-state index is 10.9. The number of carboxylic acids is 1. The predicted molar refractivity (Wildman–Crippen MR) is 65.9 cm³/mol. The maximum atomic E-state index is 10.9. The quantitative estimate of drug-likeness (QED) is 0.770. The van der Waals surface area contributed by atoms with E-state index in [1.165, 1.54) is 6.07 Å². The van der Waals surface area contributed by atoms with Gasteiger partial charge in [-0.05, 0) is 25.1 Å². The highest BCUT2D eigenvalue weighted by molar-refractivity contribution is 5.94. The Morgan fingerprint density at radius 3 is 2.82 bits per heavy atom. The summed E-state index contributed by atoms with van der Waals surface area (Å²) in [6, 6.07) is 6.95. The average molecular weight is 233 g/mol. The summed E-state index contributed by atoms with van der Waals surface area (Å²) >= 11 is 0. The van der Waals surface area contributed by atoms with Crippen molar-refractivity contribution < 1.29 is 9.90 Å². The van der Waals surface area contributed by atoms with Crippen molar-refractivity contribution in [3.05, 3.63) is 23.8 Å². The molecule has 0 saturated heterocycles. The second-order valence-electron chi connectivity index (χ2n) is 3.99. The van der Waals surface area contributed by atoms with Gasteiger partial charge >= 0.3 is 5.97 Å². The average Bonchev–Trinajstić information content (AvgIpc) is 2.28. The van der Waals surface area contributed by atoms with Gasteiger partial charge in [-0.15, -0.1) is 0 Å². The van der Waals surface area contributed by atoms with E-state index in [1.807, 2.05) is 18.9 Å².